The van der Waals surface area contributed by atoms with Gasteiger partial charge in [0, 0.05) is 26.1 Å². The fourth-order valence-electron chi connectivity index (χ4n) is 3.01. The number of ether oxygens (including phenoxy) is 3. The lowest BCUT2D eigenvalue weighted by Crippen LogP contribution is -2.44. The highest BCUT2D eigenvalue weighted by Gasteiger charge is 2.39. The quantitative estimate of drug-likeness (QED) is 0.507. The molecule has 0 aliphatic heterocycles. The molecule has 29 heavy (non-hydrogen) atoms. The van der Waals surface area contributed by atoms with Crippen molar-refractivity contribution in [3.8, 4) is 11.5 Å². The Morgan fingerprint density at radius 1 is 1.24 bits per heavy atom. The molecule has 2 rings (SSSR count). The minimum atomic E-state index is -3.84. The van der Waals surface area contributed by atoms with Crippen molar-refractivity contribution in [1.29, 1.82) is 0 Å². The summed E-state index contributed by atoms with van der Waals surface area (Å²) < 4.78 is 40.0. The Labute approximate surface area is 179 Å². The standard InChI is InChI=1S/C20H30N2O5S.ClH/c1-4-26-18-7-5-6-8-19(18)27-14-13-22-16(2)15-17-9-11-20(25-3,12-10-17)28(21,23)24;/h5-11,16,22H,4,12-15H2,1-3H3,(H2,21,23,24);1H/t16?,20-;/m0./s1. The van der Waals surface area contributed by atoms with Crippen LogP contribution in [0.2, 0.25) is 0 Å². The fraction of sp³-hybridized carbons (Fsp3) is 0.500. The van der Waals surface area contributed by atoms with Crippen LogP contribution in [0.25, 0.3) is 0 Å². The van der Waals surface area contributed by atoms with E-state index in [1.165, 1.54) is 13.2 Å². The molecule has 1 aromatic carbocycles. The van der Waals surface area contributed by atoms with Gasteiger partial charge in [0.05, 0.1) is 6.61 Å². The second-order valence-electron chi connectivity index (χ2n) is 6.66. The monoisotopic (exact) mass is 446 g/mol. The van der Waals surface area contributed by atoms with Gasteiger partial charge in [-0.3, -0.25) is 0 Å². The van der Waals surface area contributed by atoms with Gasteiger partial charge in [0.25, 0.3) is 0 Å². The molecule has 0 heterocycles. The van der Waals surface area contributed by atoms with Gasteiger partial charge in [0.1, 0.15) is 6.61 Å². The molecule has 0 fully saturated rings. The van der Waals surface area contributed by atoms with E-state index < -0.39 is 15.0 Å². The summed E-state index contributed by atoms with van der Waals surface area (Å²) in [5.74, 6) is 1.47. The predicted molar refractivity (Wildman–Crippen MR) is 117 cm³/mol. The normalized spacial score (nSPS) is 19.8. The van der Waals surface area contributed by atoms with Crippen LogP contribution in [0.5, 0.6) is 11.5 Å². The van der Waals surface area contributed by atoms with Gasteiger partial charge in [-0.1, -0.05) is 29.9 Å². The fourth-order valence-corrected chi connectivity index (χ4v) is 3.82. The summed E-state index contributed by atoms with van der Waals surface area (Å²) in [6.07, 6.45) is 6.12. The predicted octanol–water partition coefficient (Wildman–Crippen LogP) is 2.77. The highest BCUT2D eigenvalue weighted by molar-refractivity contribution is 7.90. The summed E-state index contributed by atoms with van der Waals surface area (Å²) in [7, 11) is -2.49. The van der Waals surface area contributed by atoms with E-state index in [0.717, 1.165) is 23.5 Å². The maximum Gasteiger partial charge on any atom is 0.243 e. The van der Waals surface area contributed by atoms with E-state index in [0.29, 0.717) is 19.8 Å². The number of primary sulfonamides is 1. The number of sulfonamides is 1. The molecule has 0 aromatic heterocycles. The van der Waals surface area contributed by atoms with Crippen LogP contribution in [0.4, 0.5) is 0 Å². The van der Waals surface area contributed by atoms with Gasteiger partial charge in [0.15, 0.2) is 11.5 Å². The van der Waals surface area contributed by atoms with E-state index in [4.69, 9.17) is 19.3 Å². The maximum absolute atomic E-state index is 11.8. The molecule has 7 nitrogen and oxygen atoms in total. The third kappa shape index (κ3) is 7.01. The van der Waals surface area contributed by atoms with Crippen LogP contribution in [0, 0.1) is 0 Å². The lowest BCUT2D eigenvalue weighted by atomic mass is 9.99. The summed E-state index contributed by atoms with van der Waals surface area (Å²) in [4.78, 5) is -1.46. The van der Waals surface area contributed by atoms with Gasteiger partial charge in [-0.05, 0) is 38.5 Å². The number of nitrogens with one attached hydrogen (secondary N) is 1. The van der Waals surface area contributed by atoms with Crippen molar-refractivity contribution >= 4 is 22.4 Å². The van der Waals surface area contributed by atoms with Crippen LogP contribution >= 0.6 is 12.4 Å². The molecule has 3 N–H and O–H groups in total. The first-order valence-corrected chi connectivity index (χ1v) is 10.9. The average molecular weight is 447 g/mol. The largest absolute Gasteiger partial charge is 0.490 e. The lowest BCUT2D eigenvalue weighted by molar-refractivity contribution is 0.102. The number of methoxy groups -OCH3 is 1. The minimum Gasteiger partial charge on any atom is -0.490 e. The van der Waals surface area contributed by atoms with Crippen molar-refractivity contribution in [2.24, 2.45) is 5.14 Å². The molecule has 1 aromatic rings. The van der Waals surface area contributed by atoms with Crippen molar-refractivity contribution in [3.05, 3.63) is 48.1 Å². The van der Waals surface area contributed by atoms with Gasteiger partial charge in [-0.15, -0.1) is 12.4 Å². The zero-order valence-electron chi connectivity index (χ0n) is 17.1. The molecule has 1 aliphatic carbocycles. The van der Waals surface area contributed by atoms with E-state index in [-0.39, 0.29) is 24.9 Å². The number of benzene rings is 1. The average Bonchev–Trinajstić information content (AvgIpc) is 2.66. The Bertz CT molecular complexity index is 813. The van der Waals surface area contributed by atoms with Crippen LogP contribution in [0.3, 0.4) is 0 Å². The third-order valence-corrected chi connectivity index (χ3v) is 6.00. The van der Waals surface area contributed by atoms with Gasteiger partial charge in [-0.2, -0.15) is 0 Å². The first kappa shape index (κ1) is 25.5. The molecule has 0 radical (unpaired) electrons. The minimum absolute atomic E-state index is 0. The van der Waals surface area contributed by atoms with Gasteiger partial charge in [0.2, 0.25) is 15.0 Å². The first-order valence-electron chi connectivity index (χ1n) is 9.35. The number of nitrogens with two attached hydrogens (primary N) is 1. The number of hydrogen-bond acceptors (Lipinski definition) is 6. The van der Waals surface area contributed by atoms with Crippen LogP contribution < -0.4 is 19.9 Å². The summed E-state index contributed by atoms with van der Waals surface area (Å²) in [6, 6.07) is 7.80. The Hall–Kier alpha value is -1.58. The highest BCUT2D eigenvalue weighted by Crippen LogP contribution is 2.29. The Morgan fingerprint density at radius 3 is 2.41 bits per heavy atom. The first-order chi connectivity index (χ1) is 13.3. The summed E-state index contributed by atoms with van der Waals surface area (Å²) >= 11 is 0. The molecule has 0 amide bonds. The second-order valence-corrected chi connectivity index (χ2v) is 8.45. The van der Waals surface area contributed by atoms with Crippen molar-refractivity contribution < 1.29 is 22.6 Å². The second kappa shape index (κ2) is 11.6. The van der Waals surface area contributed by atoms with E-state index in [9.17, 15) is 8.42 Å². The van der Waals surface area contributed by atoms with E-state index in [1.54, 1.807) is 6.08 Å². The Kier molecular flexibility index (Phi) is 10.2. The molecule has 0 saturated carbocycles. The SMILES string of the molecule is CCOc1ccccc1OCCNC(C)CC1=CC[C@@](OC)(S(N)(=O)=O)C=C1.Cl. The van der Waals surface area contributed by atoms with Gasteiger partial charge < -0.3 is 19.5 Å². The molecule has 0 bridgehead atoms. The number of hydrogen-bond donors (Lipinski definition) is 2. The van der Waals surface area contributed by atoms with Crippen molar-refractivity contribution in [2.75, 3.05) is 26.9 Å². The summed E-state index contributed by atoms with van der Waals surface area (Å²) in [5, 5.41) is 8.69. The van der Waals surface area contributed by atoms with Gasteiger partial charge >= 0.3 is 0 Å². The van der Waals surface area contributed by atoms with Crippen LogP contribution in [0.15, 0.2) is 48.1 Å². The molecule has 2 atom stereocenters. The number of para-hydroxylation sites is 2. The van der Waals surface area contributed by atoms with E-state index in [2.05, 4.69) is 12.2 Å². The maximum atomic E-state index is 11.8. The van der Waals surface area contributed by atoms with Crippen molar-refractivity contribution in [3.63, 3.8) is 0 Å². The smallest absolute Gasteiger partial charge is 0.243 e. The van der Waals surface area contributed by atoms with Crippen LogP contribution in [-0.2, 0) is 14.8 Å². The topological polar surface area (TPSA) is 99.9 Å². The lowest BCUT2D eigenvalue weighted by Gasteiger charge is -2.28. The number of halogens is 1. The molecule has 0 spiro atoms. The molecular formula is C20H31ClN2O5S. The molecule has 1 aliphatic rings. The Morgan fingerprint density at radius 2 is 1.90 bits per heavy atom. The zero-order valence-corrected chi connectivity index (χ0v) is 18.7. The van der Waals surface area contributed by atoms with Crippen LogP contribution in [-0.4, -0.2) is 46.3 Å². The molecule has 164 valence electrons. The summed E-state index contributed by atoms with van der Waals surface area (Å²) in [6.45, 7) is 5.79. The summed E-state index contributed by atoms with van der Waals surface area (Å²) in [5.41, 5.74) is 1.04. The zero-order chi connectivity index (χ0) is 20.6. The van der Waals surface area contributed by atoms with Crippen LogP contribution in [0.1, 0.15) is 26.7 Å². The third-order valence-electron chi connectivity index (χ3n) is 4.57. The van der Waals surface area contributed by atoms with E-state index in [1.807, 2.05) is 37.3 Å². The van der Waals surface area contributed by atoms with Crippen molar-refractivity contribution in [2.45, 2.75) is 37.7 Å². The molecule has 0 saturated heterocycles. The molecular weight excluding hydrogens is 416 g/mol. The Balaban J connectivity index is 0.00000420. The molecule has 1 unspecified atom stereocenters. The number of rotatable bonds is 11. The van der Waals surface area contributed by atoms with Gasteiger partial charge in [-0.25, -0.2) is 13.6 Å². The van der Waals surface area contributed by atoms with E-state index >= 15 is 0 Å². The van der Waals surface area contributed by atoms with Crippen molar-refractivity contribution in [1.82, 2.24) is 5.32 Å². The number of allylic oxidation sites excluding steroid dienone is 1. The molecule has 9 heteroatoms. The highest BCUT2D eigenvalue weighted by atomic mass is 35.5.